The smallest absolute Gasteiger partial charge is 0.240 e. The number of amides is 1. The fourth-order valence-electron chi connectivity index (χ4n) is 4.32. The van der Waals surface area contributed by atoms with Crippen molar-refractivity contribution in [2.75, 3.05) is 10.7 Å². The van der Waals surface area contributed by atoms with Crippen LogP contribution in [0.4, 0.5) is 5.69 Å². The Morgan fingerprint density at radius 1 is 1.07 bits per heavy atom. The maximum absolute atomic E-state index is 13.4. The number of halogens is 1. The van der Waals surface area contributed by atoms with Gasteiger partial charge in [0, 0.05) is 16.3 Å². The minimum Gasteiger partial charge on any atom is -0.325 e. The summed E-state index contributed by atoms with van der Waals surface area (Å²) in [6, 6.07) is 17.2. The highest BCUT2D eigenvalue weighted by molar-refractivity contribution is 8.00. The molecule has 30 heavy (non-hydrogen) atoms. The van der Waals surface area contributed by atoms with E-state index >= 15 is 0 Å². The average molecular weight is 440 g/mol. The minimum atomic E-state index is -0.335. The molecule has 2 heterocycles. The number of aromatic nitrogens is 3. The third-order valence-electron chi connectivity index (χ3n) is 5.82. The second-order valence-corrected chi connectivity index (χ2v) is 9.34. The van der Waals surface area contributed by atoms with Crippen LogP contribution in [0.25, 0.3) is 11.4 Å². The van der Waals surface area contributed by atoms with Crippen molar-refractivity contribution >= 4 is 35.0 Å². The fourth-order valence-corrected chi connectivity index (χ4v) is 5.67. The van der Waals surface area contributed by atoms with Crippen LogP contribution in [0.2, 0.25) is 5.02 Å². The summed E-state index contributed by atoms with van der Waals surface area (Å²) in [6.45, 7) is 0. The standard InChI is InChI=1S/C22H22ClN5OS/c23-16-9-11-17(12-10-16)24-20(29)18-22(13-5-2-6-14-22)27-28-19(25-26-21(28)30-18)15-7-3-1-4-8-15/h1,3-4,7-12,18,27H,2,5-6,13-14H2,(H,24,29)/t18-/m1/s1. The van der Waals surface area contributed by atoms with E-state index in [2.05, 4.69) is 20.9 Å². The second-order valence-electron chi connectivity index (χ2n) is 7.83. The molecule has 2 aromatic carbocycles. The van der Waals surface area contributed by atoms with E-state index in [0.29, 0.717) is 10.2 Å². The van der Waals surface area contributed by atoms with Gasteiger partial charge in [0.2, 0.25) is 11.1 Å². The Morgan fingerprint density at radius 2 is 1.80 bits per heavy atom. The number of nitrogens with one attached hydrogen (secondary N) is 2. The van der Waals surface area contributed by atoms with Gasteiger partial charge in [-0.25, -0.2) is 4.68 Å². The first kappa shape index (κ1) is 19.5. The first-order chi connectivity index (χ1) is 14.6. The molecule has 1 amide bonds. The van der Waals surface area contributed by atoms with E-state index in [0.717, 1.165) is 42.8 Å². The molecule has 1 aliphatic heterocycles. The molecule has 0 saturated heterocycles. The van der Waals surface area contributed by atoms with Crippen molar-refractivity contribution in [1.82, 2.24) is 14.9 Å². The van der Waals surface area contributed by atoms with Gasteiger partial charge in [-0.05, 0) is 37.1 Å². The number of hydrogen-bond donors (Lipinski definition) is 2. The molecular formula is C22H22ClN5OS. The van der Waals surface area contributed by atoms with Gasteiger partial charge in [0.05, 0.1) is 5.54 Å². The number of hydrogen-bond acceptors (Lipinski definition) is 5. The van der Waals surface area contributed by atoms with Gasteiger partial charge < -0.3 is 10.7 Å². The van der Waals surface area contributed by atoms with Crippen molar-refractivity contribution in [1.29, 1.82) is 0 Å². The number of carbonyl (C=O) groups excluding carboxylic acids is 1. The third kappa shape index (κ3) is 3.56. The maximum atomic E-state index is 13.4. The Kier molecular flexibility index (Phi) is 5.16. The van der Waals surface area contributed by atoms with Crippen LogP contribution in [0.3, 0.4) is 0 Å². The molecule has 1 fully saturated rings. The van der Waals surface area contributed by atoms with Crippen molar-refractivity contribution < 1.29 is 4.79 Å². The zero-order valence-corrected chi connectivity index (χ0v) is 17.9. The topological polar surface area (TPSA) is 71.8 Å². The van der Waals surface area contributed by atoms with Gasteiger partial charge in [0.1, 0.15) is 5.25 Å². The largest absolute Gasteiger partial charge is 0.325 e. The van der Waals surface area contributed by atoms with Gasteiger partial charge in [-0.3, -0.25) is 4.79 Å². The number of anilines is 1. The molecule has 1 aliphatic carbocycles. The molecule has 2 aliphatic rings. The lowest BCUT2D eigenvalue weighted by atomic mass is 9.79. The normalized spacial score (nSPS) is 19.7. The molecule has 0 bridgehead atoms. The van der Waals surface area contributed by atoms with Crippen molar-refractivity contribution in [3.63, 3.8) is 0 Å². The summed E-state index contributed by atoms with van der Waals surface area (Å²) in [4.78, 5) is 13.4. The van der Waals surface area contributed by atoms with Crippen molar-refractivity contribution in [2.24, 2.45) is 0 Å². The Bertz CT molecular complexity index is 1050. The Labute approximate surface area is 184 Å². The predicted octanol–water partition coefficient (Wildman–Crippen LogP) is 4.96. The molecule has 1 saturated carbocycles. The number of thioether (sulfide) groups is 1. The molecule has 0 radical (unpaired) electrons. The van der Waals surface area contributed by atoms with E-state index in [1.165, 1.54) is 18.2 Å². The molecule has 1 aromatic heterocycles. The second kappa shape index (κ2) is 7.96. The highest BCUT2D eigenvalue weighted by Gasteiger charge is 2.49. The highest BCUT2D eigenvalue weighted by Crippen LogP contribution is 2.44. The first-order valence-electron chi connectivity index (χ1n) is 10.2. The van der Waals surface area contributed by atoms with E-state index in [-0.39, 0.29) is 16.7 Å². The first-order valence-corrected chi connectivity index (χ1v) is 11.4. The summed E-state index contributed by atoms with van der Waals surface area (Å²) < 4.78 is 1.97. The van der Waals surface area contributed by atoms with E-state index < -0.39 is 0 Å². The van der Waals surface area contributed by atoms with Crippen LogP contribution in [0.5, 0.6) is 0 Å². The molecule has 5 rings (SSSR count). The lowest BCUT2D eigenvalue weighted by molar-refractivity contribution is -0.117. The van der Waals surface area contributed by atoms with Crippen LogP contribution >= 0.6 is 23.4 Å². The lowest BCUT2D eigenvalue weighted by Gasteiger charge is -2.46. The van der Waals surface area contributed by atoms with E-state index in [9.17, 15) is 4.79 Å². The zero-order chi connectivity index (χ0) is 20.6. The van der Waals surface area contributed by atoms with Gasteiger partial charge in [0.25, 0.3) is 0 Å². The van der Waals surface area contributed by atoms with Gasteiger partial charge in [-0.1, -0.05) is 73.0 Å². The lowest BCUT2D eigenvalue weighted by Crippen LogP contribution is -2.59. The molecule has 3 aromatic rings. The minimum absolute atomic E-state index is 0.0211. The molecule has 8 heteroatoms. The molecule has 1 atom stereocenters. The summed E-state index contributed by atoms with van der Waals surface area (Å²) >= 11 is 7.47. The Morgan fingerprint density at radius 3 is 2.53 bits per heavy atom. The van der Waals surface area contributed by atoms with Gasteiger partial charge in [-0.2, -0.15) is 0 Å². The van der Waals surface area contributed by atoms with Crippen LogP contribution in [-0.4, -0.2) is 31.6 Å². The highest BCUT2D eigenvalue weighted by atomic mass is 35.5. The number of fused-ring (bicyclic) bond motifs is 1. The van der Waals surface area contributed by atoms with Gasteiger partial charge in [-0.15, -0.1) is 10.2 Å². The van der Waals surface area contributed by atoms with E-state index in [4.69, 9.17) is 11.6 Å². The van der Waals surface area contributed by atoms with Crippen LogP contribution in [-0.2, 0) is 4.79 Å². The number of nitrogens with zero attached hydrogens (tertiary/aromatic N) is 3. The molecule has 0 unspecified atom stereocenters. The van der Waals surface area contributed by atoms with Gasteiger partial charge >= 0.3 is 0 Å². The molecule has 154 valence electrons. The number of benzene rings is 2. The van der Waals surface area contributed by atoms with Gasteiger partial charge in [0.15, 0.2) is 5.82 Å². The Hall–Kier alpha value is -2.51. The van der Waals surface area contributed by atoms with Crippen molar-refractivity contribution in [2.45, 2.75) is 48.0 Å². The summed E-state index contributed by atoms with van der Waals surface area (Å²) in [5.74, 6) is 0.756. The molecule has 6 nitrogen and oxygen atoms in total. The molecular weight excluding hydrogens is 418 g/mol. The summed E-state index contributed by atoms with van der Waals surface area (Å²) in [7, 11) is 0. The molecule has 2 N–H and O–H groups in total. The number of rotatable bonds is 3. The summed E-state index contributed by atoms with van der Waals surface area (Å²) in [5.41, 5.74) is 5.08. The summed E-state index contributed by atoms with van der Waals surface area (Å²) in [5, 5.41) is 12.9. The van der Waals surface area contributed by atoms with Crippen molar-refractivity contribution in [3.8, 4) is 11.4 Å². The quantitative estimate of drug-likeness (QED) is 0.603. The van der Waals surface area contributed by atoms with E-state index in [1.54, 1.807) is 12.1 Å². The third-order valence-corrected chi connectivity index (χ3v) is 7.45. The summed E-state index contributed by atoms with van der Waals surface area (Å²) in [6.07, 6.45) is 5.25. The van der Waals surface area contributed by atoms with Crippen molar-refractivity contribution in [3.05, 3.63) is 59.6 Å². The van der Waals surface area contributed by atoms with Crippen LogP contribution in [0, 0.1) is 0 Å². The van der Waals surface area contributed by atoms with E-state index in [1.807, 2.05) is 47.1 Å². The van der Waals surface area contributed by atoms with Crippen LogP contribution in [0.1, 0.15) is 32.1 Å². The Balaban J connectivity index is 1.48. The monoisotopic (exact) mass is 439 g/mol. The maximum Gasteiger partial charge on any atom is 0.240 e. The SMILES string of the molecule is O=C(Nc1ccc(Cl)cc1)[C@H]1Sc2nnc(-c3ccccc3)n2NC12CCCCC2. The van der Waals surface area contributed by atoms with Crippen LogP contribution in [0.15, 0.2) is 59.8 Å². The zero-order valence-electron chi connectivity index (χ0n) is 16.3. The predicted molar refractivity (Wildman–Crippen MR) is 120 cm³/mol. The molecule has 1 spiro atoms. The number of carbonyl (C=O) groups is 1. The average Bonchev–Trinajstić information content (AvgIpc) is 3.18. The van der Waals surface area contributed by atoms with Crippen LogP contribution < -0.4 is 10.7 Å². The fraction of sp³-hybridized carbons (Fsp3) is 0.318.